The number of aromatic nitrogens is 2. The van der Waals surface area contributed by atoms with E-state index in [0.717, 1.165) is 40.9 Å². The molecule has 3 heterocycles. The van der Waals surface area contributed by atoms with Crippen LogP contribution in [0.4, 0.5) is 0 Å². The molecule has 2 N–H and O–H groups in total. The van der Waals surface area contributed by atoms with Crippen LogP contribution in [-0.4, -0.2) is 16.0 Å². The Kier molecular flexibility index (Phi) is 3.68. The van der Waals surface area contributed by atoms with Crippen LogP contribution in [0.3, 0.4) is 0 Å². The van der Waals surface area contributed by atoms with E-state index in [2.05, 4.69) is 28.5 Å². The molecular formula is C25H24ClN3O. The fourth-order valence-corrected chi connectivity index (χ4v) is 6.30. The summed E-state index contributed by atoms with van der Waals surface area (Å²) in [5.41, 5.74) is 8.61. The first-order valence-corrected chi connectivity index (χ1v) is 11.5. The van der Waals surface area contributed by atoms with Gasteiger partial charge in [0.15, 0.2) is 0 Å². The third-order valence-corrected chi connectivity index (χ3v) is 7.82. The molecule has 4 nitrogen and oxygen atoms in total. The number of ether oxygens (including phenoxy) is 1. The molecule has 30 heavy (non-hydrogen) atoms. The van der Waals surface area contributed by atoms with Crippen LogP contribution in [-0.2, 0) is 19.4 Å². The Morgan fingerprint density at radius 2 is 1.97 bits per heavy atom. The Balaban J connectivity index is 1.28. The van der Waals surface area contributed by atoms with E-state index < -0.39 is 0 Å². The first-order chi connectivity index (χ1) is 14.7. The van der Waals surface area contributed by atoms with E-state index in [1.54, 1.807) is 0 Å². The topological polar surface area (TPSA) is 49.9 Å². The van der Waals surface area contributed by atoms with Gasteiger partial charge in [0.25, 0.3) is 0 Å². The minimum atomic E-state index is 0.375. The molecule has 2 aromatic carbocycles. The standard InChI is InChI=1S/C25H24ClN3O/c26-16-5-6-17-15(8-16)12-30-23-11-18-13(9-19(17)23)4-7-21-24(18)29-25(28-21)22-10-14-2-1-3-20(14)27-22/h5-6,8-9,11,14,20,22,27H,1-4,7,10,12H2,(H,28,29)/t14-,20-,22?/m0/s1. The predicted octanol–water partition coefficient (Wildman–Crippen LogP) is 5.59. The van der Waals surface area contributed by atoms with Crippen molar-refractivity contribution in [2.45, 2.75) is 57.2 Å². The second-order valence-corrected chi connectivity index (χ2v) is 9.73. The number of aromatic amines is 1. The Bertz CT molecular complexity index is 1170. The van der Waals surface area contributed by atoms with Crippen LogP contribution in [0.1, 0.15) is 54.4 Å². The highest BCUT2D eigenvalue weighted by Gasteiger charge is 2.39. The van der Waals surface area contributed by atoms with Crippen LogP contribution < -0.4 is 10.1 Å². The minimum absolute atomic E-state index is 0.375. The fraction of sp³-hybridized carbons (Fsp3) is 0.400. The molecule has 1 saturated heterocycles. The zero-order chi connectivity index (χ0) is 19.8. The Labute approximate surface area is 181 Å². The summed E-state index contributed by atoms with van der Waals surface area (Å²) in [4.78, 5) is 8.75. The zero-order valence-electron chi connectivity index (χ0n) is 16.8. The van der Waals surface area contributed by atoms with Gasteiger partial charge >= 0.3 is 0 Å². The Hall–Kier alpha value is -2.30. The van der Waals surface area contributed by atoms with Gasteiger partial charge < -0.3 is 15.0 Å². The van der Waals surface area contributed by atoms with Crippen molar-refractivity contribution in [2.24, 2.45) is 5.92 Å². The molecule has 3 atom stereocenters. The van der Waals surface area contributed by atoms with Gasteiger partial charge in [0.2, 0.25) is 0 Å². The van der Waals surface area contributed by atoms with Gasteiger partial charge in [-0.3, -0.25) is 0 Å². The SMILES string of the molecule is Clc1ccc2c(c1)COc1cc3c(cc1-2)CCc1nc(C2C[C@@H]4CCC[C@@H]4N2)[nH]c1-3. The number of nitrogens with one attached hydrogen (secondary N) is 2. The maximum Gasteiger partial charge on any atom is 0.128 e. The van der Waals surface area contributed by atoms with Crippen LogP contribution >= 0.6 is 11.6 Å². The molecule has 152 valence electrons. The lowest BCUT2D eigenvalue weighted by Gasteiger charge is -2.25. The van der Waals surface area contributed by atoms with Gasteiger partial charge in [-0.15, -0.1) is 0 Å². The summed E-state index contributed by atoms with van der Waals surface area (Å²) < 4.78 is 6.14. The zero-order valence-corrected chi connectivity index (χ0v) is 17.6. The molecule has 2 aliphatic carbocycles. The molecule has 1 unspecified atom stereocenters. The molecule has 1 aromatic heterocycles. The van der Waals surface area contributed by atoms with Gasteiger partial charge in [0.1, 0.15) is 18.2 Å². The van der Waals surface area contributed by atoms with Gasteiger partial charge in [-0.05, 0) is 79.0 Å². The van der Waals surface area contributed by atoms with Gasteiger partial charge in [0.05, 0.1) is 17.4 Å². The molecule has 3 aromatic rings. The molecule has 4 aliphatic rings. The number of benzene rings is 2. The van der Waals surface area contributed by atoms with Crippen molar-refractivity contribution in [3.05, 3.63) is 58.0 Å². The van der Waals surface area contributed by atoms with Crippen molar-refractivity contribution in [2.75, 3.05) is 0 Å². The summed E-state index contributed by atoms with van der Waals surface area (Å²) >= 11 is 6.19. The predicted molar refractivity (Wildman–Crippen MR) is 118 cm³/mol. The van der Waals surface area contributed by atoms with Crippen molar-refractivity contribution in [3.63, 3.8) is 0 Å². The van der Waals surface area contributed by atoms with Crippen LogP contribution in [0.25, 0.3) is 22.4 Å². The number of fused-ring (bicyclic) bond motifs is 7. The minimum Gasteiger partial charge on any atom is -0.488 e. The van der Waals surface area contributed by atoms with Crippen molar-refractivity contribution in [1.82, 2.24) is 15.3 Å². The second kappa shape index (κ2) is 6.35. The third kappa shape index (κ3) is 2.53. The van der Waals surface area contributed by atoms with E-state index in [1.165, 1.54) is 59.3 Å². The first kappa shape index (κ1) is 17.4. The molecule has 1 saturated carbocycles. The van der Waals surface area contributed by atoms with Crippen LogP contribution in [0, 0.1) is 5.92 Å². The maximum atomic E-state index is 6.19. The third-order valence-electron chi connectivity index (χ3n) is 7.59. The fourth-order valence-electron chi connectivity index (χ4n) is 6.10. The van der Waals surface area contributed by atoms with Crippen molar-refractivity contribution in [3.8, 4) is 28.1 Å². The monoisotopic (exact) mass is 417 g/mol. The first-order valence-electron chi connectivity index (χ1n) is 11.2. The van der Waals surface area contributed by atoms with Crippen molar-refractivity contribution in [1.29, 1.82) is 0 Å². The van der Waals surface area contributed by atoms with Crippen LogP contribution in [0.15, 0.2) is 30.3 Å². The normalized spacial score (nSPS) is 25.7. The molecule has 7 rings (SSSR count). The highest BCUT2D eigenvalue weighted by molar-refractivity contribution is 6.30. The van der Waals surface area contributed by atoms with E-state index in [9.17, 15) is 0 Å². The van der Waals surface area contributed by atoms with E-state index >= 15 is 0 Å². The summed E-state index contributed by atoms with van der Waals surface area (Å²) in [7, 11) is 0. The number of hydrogen-bond acceptors (Lipinski definition) is 3. The molecular weight excluding hydrogens is 394 g/mol. The van der Waals surface area contributed by atoms with E-state index in [1.807, 2.05) is 12.1 Å². The quantitative estimate of drug-likeness (QED) is 0.542. The summed E-state index contributed by atoms with van der Waals surface area (Å²) in [5, 5.41) is 4.60. The van der Waals surface area contributed by atoms with Crippen molar-refractivity contribution >= 4 is 11.6 Å². The Morgan fingerprint density at radius 3 is 2.90 bits per heavy atom. The van der Waals surface area contributed by atoms with Crippen LogP contribution in [0.2, 0.25) is 5.02 Å². The summed E-state index contributed by atoms with van der Waals surface area (Å²) in [5.74, 6) is 2.92. The lowest BCUT2D eigenvalue weighted by atomic mass is 9.87. The highest BCUT2D eigenvalue weighted by Crippen LogP contribution is 2.45. The van der Waals surface area contributed by atoms with Gasteiger partial charge in [-0.25, -0.2) is 4.98 Å². The lowest BCUT2D eigenvalue weighted by molar-refractivity contribution is 0.302. The molecule has 0 bridgehead atoms. The van der Waals surface area contributed by atoms with Gasteiger partial charge in [0, 0.05) is 22.2 Å². The van der Waals surface area contributed by atoms with Crippen LogP contribution in [0.5, 0.6) is 5.75 Å². The van der Waals surface area contributed by atoms with Gasteiger partial charge in [-0.2, -0.15) is 0 Å². The molecule has 2 aliphatic heterocycles. The number of imidazole rings is 1. The number of hydrogen-bond donors (Lipinski definition) is 2. The highest BCUT2D eigenvalue weighted by atomic mass is 35.5. The number of aryl methyl sites for hydroxylation is 2. The van der Waals surface area contributed by atoms with E-state index in [-0.39, 0.29) is 0 Å². The smallest absolute Gasteiger partial charge is 0.128 e. The number of nitrogens with zero attached hydrogens (tertiary/aromatic N) is 1. The second-order valence-electron chi connectivity index (χ2n) is 9.29. The van der Waals surface area contributed by atoms with E-state index in [0.29, 0.717) is 18.7 Å². The lowest BCUT2D eigenvalue weighted by Crippen LogP contribution is -2.24. The summed E-state index contributed by atoms with van der Waals surface area (Å²) in [6.45, 7) is 0.567. The molecule has 0 spiro atoms. The largest absolute Gasteiger partial charge is 0.488 e. The maximum absolute atomic E-state index is 6.19. The van der Waals surface area contributed by atoms with Gasteiger partial charge in [-0.1, -0.05) is 24.1 Å². The molecule has 5 heteroatoms. The number of rotatable bonds is 1. The average molecular weight is 418 g/mol. The average Bonchev–Trinajstić information content (AvgIpc) is 3.46. The summed E-state index contributed by atoms with van der Waals surface area (Å²) in [6, 6.07) is 11.7. The number of halogens is 1. The molecule has 0 amide bonds. The van der Waals surface area contributed by atoms with E-state index in [4.69, 9.17) is 21.3 Å². The summed E-state index contributed by atoms with van der Waals surface area (Å²) in [6.07, 6.45) is 7.29. The Morgan fingerprint density at radius 1 is 1.00 bits per heavy atom. The van der Waals surface area contributed by atoms with Crippen molar-refractivity contribution < 1.29 is 4.74 Å². The molecule has 0 radical (unpaired) electrons. The molecule has 2 fully saturated rings. The number of H-pyrrole nitrogens is 1.